The molecule has 2 amide bonds. The van der Waals surface area contributed by atoms with Gasteiger partial charge in [0.1, 0.15) is 6.54 Å². The Balaban J connectivity index is 1.92. The van der Waals surface area contributed by atoms with Gasteiger partial charge in [-0.1, -0.05) is 0 Å². The number of hydrogen-bond acceptors (Lipinski definition) is 3. The molecule has 108 valence electrons. The van der Waals surface area contributed by atoms with Crippen molar-refractivity contribution in [3.8, 4) is 0 Å². The van der Waals surface area contributed by atoms with Gasteiger partial charge in [-0.2, -0.15) is 13.2 Å². The van der Waals surface area contributed by atoms with Crippen molar-refractivity contribution in [1.29, 1.82) is 0 Å². The van der Waals surface area contributed by atoms with Crippen LogP contribution >= 0.6 is 0 Å². The molecule has 0 saturated carbocycles. The van der Waals surface area contributed by atoms with Crippen LogP contribution in [0.1, 0.15) is 19.3 Å². The Hall–Kier alpha value is -1.31. The summed E-state index contributed by atoms with van der Waals surface area (Å²) in [4.78, 5) is 29.3. The number of hydroxylamine groups is 2. The van der Waals surface area contributed by atoms with Crippen LogP contribution in [0.15, 0.2) is 0 Å². The highest BCUT2D eigenvalue weighted by atomic mass is 19.4. The Labute approximate surface area is 108 Å². The fourth-order valence-corrected chi connectivity index (χ4v) is 2.28. The van der Waals surface area contributed by atoms with Gasteiger partial charge < -0.3 is 4.90 Å². The van der Waals surface area contributed by atoms with Crippen LogP contribution in [0, 0.1) is 5.92 Å². The van der Waals surface area contributed by atoms with E-state index in [-0.39, 0.29) is 13.0 Å². The average molecular weight is 280 g/mol. The van der Waals surface area contributed by atoms with Gasteiger partial charge in [0, 0.05) is 19.5 Å². The van der Waals surface area contributed by atoms with Crippen molar-refractivity contribution in [2.45, 2.75) is 25.4 Å². The van der Waals surface area contributed by atoms with Gasteiger partial charge in [0.25, 0.3) is 5.91 Å². The molecule has 2 saturated heterocycles. The monoisotopic (exact) mass is 280 g/mol. The summed E-state index contributed by atoms with van der Waals surface area (Å²) >= 11 is 0. The predicted molar refractivity (Wildman–Crippen MR) is 57.6 cm³/mol. The average Bonchev–Trinajstić information content (AvgIpc) is 2.69. The maximum Gasteiger partial charge on any atom is 0.406 e. The van der Waals surface area contributed by atoms with E-state index in [1.807, 2.05) is 0 Å². The number of likely N-dealkylation sites (tertiary alicyclic amines) is 1. The lowest BCUT2D eigenvalue weighted by Crippen LogP contribution is -2.41. The maximum absolute atomic E-state index is 12.2. The summed E-state index contributed by atoms with van der Waals surface area (Å²) < 4.78 is 36.7. The molecular weight excluding hydrogens is 265 g/mol. The van der Waals surface area contributed by atoms with E-state index in [2.05, 4.69) is 0 Å². The van der Waals surface area contributed by atoms with Crippen LogP contribution in [-0.4, -0.2) is 54.2 Å². The van der Waals surface area contributed by atoms with Crippen molar-refractivity contribution in [2.75, 3.05) is 26.2 Å². The van der Waals surface area contributed by atoms with E-state index in [9.17, 15) is 22.8 Å². The number of alkyl halides is 3. The van der Waals surface area contributed by atoms with E-state index in [0.717, 1.165) is 12.8 Å². The smallest absolute Gasteiger partial charge is 0.333 e. The van der Waals surface area contributed by atoms with Crippen molar-refractivity contribution in [3.05, 3.63) is 0 Å². The second kappa shape index (κ2) is 5.36. The van der Waals surface area contributed by atoms with Crippen LogP contribution in [0.3, 0.4) is 0 Å². The molecule has 0 N–H and O–H groups in total. The largest absolute Gasteiger partial charge is 0.406 e. The highest BCUT2D eigenvalue weighted by molar-refractivity contribution is 5.88. The molecule has 2 fully saturated rings. The number of rotatable bonds is 2. The molecule has 2 aliphatic rings. The first-order valence-corrected chi connectivity index (χ1v) is 6.15. The van der Waals surface area contributed by atoms with E-state index in [1.54, 1.807) is 0 Å². The quantitative estimate of drug-likeness (QED) is 0.756. The molecule has 19 heavy (non-hydrogen) atoms. The molecule has 0 radical (unpaired) electrons. The first-order chi connectivity index (χ1) is 8.87. The van der Waals surface area contributed by atoms with Crippen LogP contribution in [0.4, 0.5) is 13.2 Å². The summed E-state index contributed by atoms with van der Waals surface area (Å²) in [6, 6.07) is 0. The molecule has 2 rings (SSSR count). The molecule has 0 bridgehead atoms. The molecule has 0 aromatic carbocycles. The number of nitrogens with zero attached hydrogens (tertiary/aromatic N) is 2. The zero-order valence-electron chi connectivity index (χ0n) is 10.3. The van der Waals surface area contributed by atoms with Crippen molar-refractivity contribution in [1.82, 2.24) is 9.96 Å². The Morgan fingerprint density at radius 1 is 1.37 bits per heavy atom. The molecule has 1 unspecified atom stereocenters. The lowest BCUT2D eigenvalue weighted by atomic mass is 10.1. The van der Waals surface area contributed by atoms with E-state index in [4.69, 9.17) is 4.84 Å². The summed E-state index contributed by atoms with van der Waals surface area (Å²) in [6.07, 6.45) is -2.95. The fraction of sp³-hybridized carbons (Fsp3) is 0.818. The van der Waals surface area contributed by atoms with E-state index in [0.29, 0.717) is 18.1 Å². The molecule has 1 atom stereocenters. The molecule has 0 aromatic rings. The Morgan fingerprint density at radius 2 is 2.11 bits per heavy atom. The van der Waals surface area contributed by atoms with Gasteiger partial charge in [0.05, 0.1) is 12.5 Å². The molecular formula is C11H15F3N2O3. The third kappa shape index (κ3) is 3.59. The van der Waals surface area contributed by atoms with Crippen molar-refractivity contribution >= 4 is 11.8 Å². The molecule has 8 heteroatoms. The number of hydrogen-bond donors (Lipinski definition) is 0. The van der Waals surface area contributed by atoms with Gasteiger partial charge in [0.2, 0.25) is 5.91 Å². The highest BCUT2D eigenvalue weighted by Crippen LogP contribution is 2.25. The standard InChI is InChI=1S/C11H15F3N2O3/c12-11(13,14)7-15-6-8(5-9(15)17)10(18)16-3-1-2-4-19-16/h8H,1-7H2. The lowest BCUT2D eigenvalue weighted by molar-refractivity contribution is -0.201. The second-order valence-electron chi connectivity index (χ2n) is 4.77. The highest BCUT2D eigenvalue weighted by Gasteiger charge is 2.42. The van der Waals surface area contributed by atoms with E-state index in [1.165, 1.54) is 5.06 Å². The van der Waals surface area contributed by atoms with Gasteiger partial charge in [-0.05, 0) is 12.8 Å². The zero-order chi connectivity index (χ0) is 14.0. The summed E-state index contributed by atoms with van der Waals surface area (Å²) in [6.45, 7) is -0.616. The Kier molecular flexibility index (Phi) is 3.98. The van der Waals surface area contributed by atoms with Gasteiger partial charge in [-0.3, -0.25) is 14.4 Å². The normalized spacial score (nSPS) is 25.0. The predicted octanol–water partition coefficient (Wildman–Crippen LogP) is 0.951. The van der Waals surface area contributed by atoms with Crippen LogP contribution in [-0.2, 0) is 14.4 Å². The van der Waals surface area contributed by atoms with Crippen LogP contribution in [0.25, 0.3) is 0 Å². The minimum Gasteiger partial charge on any atom is -0.333 e. The summed E-state index contributed by atoms with van der Waals surface area (Å²) in [5, 5.41) is 1.18. The first kappa shape index (κ1) is 14.1. The summed E-state index contributed by atoms with van der Waals surface area (Å²) in [7, 11) is 0. The molecule has 0 spiro atoms. The van der Waals surface area contributed by atoms with Crippen molar-refractivity contribution in [2.24, 2.45) is 5.92 Å². The van der Waals surface area contributed by atoms with Crippen LogP contribution in [0.5, 0.6) is 0 Å². The Bertz CT molecular complexity index is 367. The minimum absolute atomic E-state index is 0.172. The minimum atomic E-state index is -4.44. The number of carbonyl (C=O) groups excluding carboxylic acids is 2. The van der Waals surface area contributed by atoms with Gasteiger partial charge in [0.15, 0.2) is 0 Å². The van der Waals surface area contributed by atoms with Crippen molar-refractivity contribution in [3.63, 3.8) is 0 Å². The van der Waals surface area contributed by atoms with E-state index < -0.39 is 30.5 Å². The Morgan fingerprint density at radius 3 is 2.68 bits per heavy atom. The van der Waals surface area contributed by atoms with Crippen molar-refractivity contribution < 1.29 is 27.6 Å². The van der Waals surface area contributed by atoms with Gasteiger partial charge >= 0.3 is 6.18 Å². The van der Waals surface area contributed by atoms with Gasteiger partial charge in [-0.15, -0.1) is 0 Å². The van der Waals surface area contributed by atoms with Crippen LogP contribution in [0.2, 0.25) is 0 Å². The van der Waals surface area contributed by atoms with Gasteiger partial charge in [-0.25, -0.2) is 5.06 Å². The fourth-order valence-electron chi connectivity index (χ4n) is 2.28. The molecule has 0 aromatic heterocycles. The third-order valence-electron chi connectivity index (χ3n) is 3.18. The molecule has 0 aliphatic carbocycles. The first-order valence-electron chi connectivity index (χ1n) is 6.15. The SMILES string of the molecule is O=C1CC(C(=O)N2CCCCO2)CN1CC(F)(F)F. The lowest BCUT2D eigenvalue weighted by Gasteiger charge is -2.28. The number of halogens is 3. The molecule has 2 aliphatic heterocycles. The molecule has 5 nitrogen and oxygen atoms in total. The number of carbonyl (C=O) groups is 2. The zero-order valence-corrected chi connectivity index (χ0v) is 10.3. The second-order valence-corrected chi connectivity index (χ2v) is 4.77. The van der Waals surface area contributed by atoms with Crippen LogP contribution < -0.4 is 0 Å². The summed E-state index contributed by atoms with van der Waals surface area (Å²) in [5.74, 6) is -1.75. The third-order valence-corrected chi connectivity index (χ3v) is 3.18. The number of amides is 2. The topological polar surface area (TPSA) is 49.9 Å². The maximum atomic E-state index is 12.2. The van der Waals surface area contributed by atoms with E-state index >= 15 is 0 Å². The molecule has 2 heterocycles. The summed E-state index contributed by atoms with van der Waals surface area (Å²) in [5.41, 5.74) is 0.